The van der Waals surface area contributed by atoms with Crippen LogP contribution in [0.3, 0.4) is 0 Å². The molecule has 1 aromatic rings. The number of rotatable bonds is 3. The van der Waals surface area contributed by atoms with Crippen LogP contribution in [0, 0.1) is 0 Å². The summed E-state index contributed by atoms with van der Waals surface area (Å²) in [5.41, 5.74) is 1.31. The van der Waals surface area contributed by atoms with E-state index in [1.54, 1.807) is 0 Å². The Morgan fingerprint density at radius 2 is 2.46 bits per heavy atom. The molecule has 0 saturated carbocycles. The predicted molar refractivity (Wildman–Crippen MR) is 59.2 cm³/mol. The molecule has 1 aliphatic rings. The molecule has 0 aliphatic carbocycles. The normalized spacial score (nSPS) is 20.5. The van der Waals surface area contributed by atoms with Gasteiger partial charge in [0, 0.05) is 23.2 Å². The second kappa shape index (κ2) is 3.68. The first kappa shape index (κ1) is 9.03. The molecule has 1 aliphatic heterocycles. The molecule has 0 aromatic heterocycles. The number of nitrogens with zero attached hydrogens (tertiary/aromatic N) is 1. The zero-order valence-electron chi connectivity index (χ0n) is 7.63. The number of benzene rings is 1. The average molecular weight is 241 g/mol. The standard InChI is InChI=1S/C10H13BrN2/c1-12-6-10-7-13(10)9-4-2-3-8(11)5-9/h2-5,10,12H,6-7H2,1H3. The number of hydrogen-bond donors (Lipinski definition) is 1. The van der Waals surface area contributed by atoms with E-state index < -0.39 is 0 Å². The van der Waals surface area contributed by atoms with E-state index in [1.165, 1.54) is 12.2 Å². The van der Waals surface area contributed by atoms with Crippen molar-refractivity contribution >= 4 is 21.6 Å². The van der Waals surface area contributed by atoms with E-state index in [2.05, 4.69) is 50.4 Å². The van der Waals surface area contributed by atoms with Gasteiger partial charge in [0.1, 0.15) is 0 Å². The van der Waals surface area contributed by atoms with Gasteiger partial charge in [0.2, 0.25) is 0 Å². The summed E-state index contributed by atoms with van der Waals surface area (Å²) in [4.78, 5) is 2.39. The maximum absolute atomic E-state index is 3.47. The van der Waals surface area contributed by atoms with Crippen LogP contribution in [0.15, 0.2) is 28.7 Å². The quantitative estimate of drug-likeness (QED) is 0.812. The molecule has 2 nitrogen and oxygen atoms in total. The first-order valence-corrected chi connectivity index (χ1v) is 5.27. The van der Waals surface area contributed by atoms with Crippen LogP contribution >= 0.6 is 15.9 Å². The van der Waals surface area contributed by atoms with E-state index in [0.29, 0.717) is 6.04 Å². The topological polar surface area (TPSA) is 15.0 Å². The summed E-state index contributed by atoms with van der Waals surface area (Å²) in [7, 11) is 2.00. The minimum atomic E-state index is 0.694. The van der Waals surface area contributed by atoms with E-state index in [4.69, 9.17) is 0 Å². The lowest BCUT2D eigenvalue weighted by molar-refractivity contribution is 0.791. The van der Waals surface area contributed by atoms with Crippen molar-refractivity contribution < 1.29 is 0 Å². The Morgan fingerprint density at radius 1 is 1.62 bits per heavy atom. The summed E-state index contributed by atoms with van der Waals surface area (Å²) in [6.45, 7) is 2.25. The maximum Gasteiger partial charge on any atom is 0.0590 e. The van der Waals surface area contributed by atoms with Crippen molar-refractivity contribution in [3.05, 3.63) is 28.7 Å². The second-order valence-corrected chi connectivity index (χ2v) is 4.26. The fourth-order valence-corrected chi connectivity index (χ4v) is 1.95. The highest BCUT2D eigenvalue weighted by molar-refractivity contribution is 9.10. The van der Waals surface area contributed by atoms with E-state index >= 15 is 0 Å². The van der Waals surface area contributed by atoms with Gasteiger partial charge in [0.15, 0.2) is 0 Å². The van der Waals surface area contributed by atoms with Crippen molar-refractivity contribution in [3.8, 4) is 0 Å². The van der Waals surface area contributed by atoms with Gasteiger partial charge in [-0.05, 0) is 25.2 Å². The van der Waals surface area contributed by atoms with Crippen LogP contribution in [-0.2, 0) is 0 Å². The van der Waals surface area contributed by atoms with Gasteiger partial charge in [-0.15, -0.1) is 0 Å². The molecule has 1 heterocycles. The van der Waals surface area contributed by atoms with Crippen LogP contribution in [0.4, 0.5) is 5.69 Å². The third-order valence-electron chi connectivity index (χ3n) is 2.29. The summed E-state index contributed by atoms with van der Waals surface area (Å²) < 4.78 is 1.15. The Balaban J connectivity index is 2.03. The smallest absolute Gasteiger partial charge is 0.0590 e. The third kappa shape index (κ3) is 2.03. The van der Waals surface area contributed by atoms with Gasteiger partial charge in [-0.25, -0.2) is 0 Å². The van der Waals surface area contributed by atoms with Crippen LogP contribution in [0.5, 0.6) is 0 Å². The van der Waals surface area contributed by atoms with Crippen molar-refractivity contribution in [1.29, 1.82) is 0 Å². The molecule has 0 spiro atoms. The Bertz CT molecular complexity index is 301. The van der Waals surface area contributed by atoms with Gasteiger partial charge < -0.3 is 10.2 Å². The van der Waals surface area contributed by atoms with E-state index in [9.17, 15) is 0 Å². The van der Waals surface area contributed by atoms with Gasteiger partial charge in [-0.1, -0.05) is 22.0 Å². The monoisotopic (exact) mass is 240 g/mol. The Hall–Kier alpha value is -0.540. The lowest BCUT2D eigenvalue weighted by Crippen LogP contribution is -2.17. The molecule has 0 radical (unpaired) electrons. The fourth-order valence-electron chi connectivity index (χ4n) is 1.56. The minimum Gasteiger partial charge on any atom is -0.363 e. The maximum atomic E-state index is 3.47. The molecule has 1 saturated heterocycles. The molecule has 1 atom stereocenters. The minimum absolute atomic E-state index is 0.694. The third-order valence-corrected chi connectivity index (χ3v) is 2.79. The molecule has 70 valence electrons. The largest absolute Gasteiger partial charge is 0.363 e. The van der Waals surface area contributed by atoms with Gasteiger partial charge in [-0.3, -0.25) is 0 Å². The molecule has 1 N–H and O–H groups in total. The van der Waals surface area contributed by atoms with Gasteiger partial charge >= 0.3 is 0 Å². The molecule has 0 amide bonds. The van der Waals surface area contributed by atoms with Gasteiger partial charge in [0.05, 0.1) is 6.04 Å². The Kier molecular flexibility index (Phi) is 2.56. The molecule has 1 aromatic carbocycles. The molecular formula is C10H13BrN2. The summed E-state index contributed by atoms with van der Waals surface area (Å²) in [6, 6.07) is 9.14. The summed E-state index contributed by atoms with van der Waals surface area (Å²) in [5, 5.41) is 3.19. The Labute approximate surface area is 87.1 Å². The average Bonchev–Trinajstić information content (AvgIpc) is 2.85. The molecule has 1 unspecified atom stereocenters. The first-order chi connectivity index (χ1) is 6.31. The summed E-state index contributed by atoms with van der Waals surface area (Å²) in [5.74, 6) is 0. The lowest BCUT2D eigenvalue weighted by Gasteiger charge is -2.05. The van der Waals surface area contributed by atoms with Crippen molar-refractivity contribution in [2.45, 2.75) is 6.04 Å². The molecular weight excluding hydrogens is 228 g/mol. The van der Waals surface area contributed by atoms with Gasteiger partial charge in [-0.2, -0.15) is 0 Å². The zero-order chi connectivity index (χ0) is 9.26. The van der Waals surface area contributed by atoms with Crippen LogP contribution in [-0.4, -0.2) is 26.2 Å². The van der Waals surface area contributed by atoms with Crippen molar-refractivity contribution in [1.82, 2.24) is 5.32 Å². The summed E-state index contributed by atoms with van der Waals surface area (Å²) >= 11 is 3.47. The van der Waals surface area contributed by atoms with Crippen molar-refractivity contribution in [2.24, 2.45) is 0 Å². The molecule has 3 heteroatoms. The van der Waals surface area contributed by atoms with Crippen molar-refractivity contribution in [3.63, 3.8) is 0 Å². The predicted octanol–water partition coefficient (Wildman–Crippen LogP) is 1.86. The highest BCUT2D eigenvalue weighted by Gasteiger charge is 2.32. The highest BCUT2D eigenvalue weighted by Crippen LogP contribution is 2.29. The molecule has 0 bridgehead atoms. The van der Waals surface area contributed by atoms with E-state index in [-0.39, 0.29) is 0 Å². The SMILES string of the molecule is CNCC1CN1c1cccc(Br)c1. The highest BCUT2D eigenvalue weighted by atomic mass is 79.9. The summed E-state index contributed by atoms with van der Waals surface area (Å²) in [6.07, 6.45) is 0. The Morgan fingerprint density at radius 3 is 3.15 bits per heavy atom. The first-order valence-electron chi connectivity index (χ1n) is 4.48. The van der Waals surface area contributed by atoms with Crippen LogP contribution in [0.2, 0.25) is 0 Å². The number of hydrogen-bond acceptors (Lipinski definition) is 2. The fraction of sp³-hybridized carbons (Fsp3) is 0.400. The van der Waals surface area contributed by atoms with Crippen molar-refractivity contribution in [2.75, 3.05) is 25.0 Å². The number of anilines is 1. The number of nitrogens with one attached hydrogen (secondary N) is 1. The molecule has 13 heavy (non-hydrogen) atoms. The second-order valence-electron chi connectivity index (χ2n) is 3.34. The molecule has 2 rings (SSSR count). The van der Waals surface area contributed by atoms with E-state index in [1.807, 2.05) is 7.05 Å². The molecule has 1 fully saturated rings. The van der Waals surface area contributed by atoms with Crippen LogP contribution in [0.1, 0.15) is 0 Å². The zero-order valence-corrected chi connectivity index (χ0v) is 9.21. The van der Waals surface area contributed by atoms with Gasteiger partial charge in [0.25, 0.3) is 0 Å². The number of halogens is 1. The van der Waals surface area contributed by atoms with Crippen LogP contribution in [0.25, 0.3) is 0 Å². The number of likely N-dealkylation sites (N-methyl/N-ethyl adjacent to an activating group) is 1. The lowest BCUT2D eigenvalue weighted by atomic mass is 10.3. The van der Waals surface area contributed by atoms with E-state index in [0.717, 1.165) is 11.0 Å². The van der Waals surface area contributed by atoms with Crippen LogP contribution < -0.4 is 10.2 Å².